The molecule has 0 fully saturated rings. The van der Waals surface area contributed by atoms with E-state index in [9.17, 15) is 4.79 Å². The molecule has 1 amide bonds. The average Bonchev–Trinajstić information content (AvgIpc) is 3.36. The second-order valence-corrected chi connectivity index (χ2v) is 11.1. The van der Waals surface area contributed by atoms with Gasteiger partial charge in [0, 0.05) is 5.41 Å². The van der Waals surface area contributed by atoms with E-state index in [2.05, 4.69) is 41.4 Å². The van der Waals surface area contributed by atoms with E-state index in [0.29, 0.717) is 36.5 Å². The van der Waals surface area contributed by atoms with E-state index in [4.69, 9.17) is 19.6 Å². The Kier molecular flexibility index (Phi) is 8.60. The summed E-state index contributed by atoms with van der Waals surface area (Å²) in [5.74, 6) is 1.63. The highest BCUT2D eigenvalue weighted by Gasteiger charge is 2.36. The normalized spacial score (nSPS) is 15.6. The van der Waals surface area contributed by atoms with Gasteiger partial charge in [0.2, 0.25) is 0 Å². The van der Waals surface area contributed by atoms with Crippen LogP contribution in [-0.2, 0) is 4.79 Å². The number of aryl methyl sites for hydroxylation is 2. The standard InChI is InChI=1S/C31H28IN3O4S/c1-4-37-27-17-21(16-25(32)28(27)39-13-12-38-23-11-10-19(2)20(3)14-23)15-24-29(33)35-26(22-8-6-5-7-9-22)18-40-31(35)34-30(24)36/h5-11,14-18,33H,4,12-13H2,1-3H3/b24-15-,33-29?. The maximum atomic E-state index is 13.0. The summed E-state index contributed by atoms with van der Waals surface area (Å²) in [7, 11) is 0. The predicted molar refractivity (Wildman–Crippen MR) is 169 cm³/mol. The van der Waals surface area contributed by atoms with Gasteiger partial charge in [0.1, 0.15) is 24.8 Å². The van der Waals surface area contributed by atoms with Gasteiger partial charge in [0.25, 0.3) is 5.91 Å². The molecule has 0 saturated carbocycles. The van der Waals surface area contributed by atoms with Crippen molar-refractivity contribution in [3.63, 3.8) is 0 Å². The number of rotatable bonds is 9. The van der Waals surface area contributed by atoms with Crippen molar-refractivity contribution in [3.05, 3.63) is 97.5 Å². The van der Waals surface area contributed by atoms with Crippen LogP contribution in [0.15, 0.2) is 76.6 Å². The van der Waals surface area contributed by atoms with Crippen molar-refractivity contribution in [3.8, 4) is 17.2 Å². The van der Waals surface area contributed by atoms with Crippen molar-refractivity contribution in [2.45, 2.75) is 20.8 Å². The molecule has 2 aliphatic rings. The summed E-state index contributed by atoms with van der Waals surface area (Å²) in [6.07, 6.45) is 1.69. The lowest BCUT2D eigenvalue weighted by Gasteiger charge is -2.27. The third kappa shape index (κ3) is 5.95. The molecule has 9 heteroatoms. The van der Waals surface area contributed by atoms with Gasteiger partial charge in [-0.3, -0.25) is 15.1 Å². The first-order valence-corrected chi connectivity index (χ1v) is 14.8. The van der Waals surface area contributed by atoms with Crippen LogP contribution in [0.2, 0.25) is 0 Å². The van der Waals surface area contributed by atoms with Gasteiger partial charge in [-0.05, 0) is 96.0 Å². The number of amides is 1. The molecule has 2 heterocycles. The van der Waals surface area contributed by atoms with E-state index >= 15 is 0 Å². The van der Waals surface area contributed by atoms with Gasteiger partial charge >= 0.3 is 0 Å². The largest absolute Gasteiger partial charge is 0.490 e. The van der Waals surface area contributed by atoms with Gasteiger partial charge in [0.05, 0.1) is 21.4 Å². The van der Waals surface area contributed by atoms with E-state index in [1.165, 1.54) is 22.9 Å². The molecule has 0 aliphatic carbocycles. The summed E-state index contributed by atoms with van der Waals surface area (Å²) in [4.78, 5) is 18.9. The Balaban J connectivity index is 1.35. The number of thioether (sulfide) groups is 1. The highest BCUT2D eigenvalue weighted by Crippen LogP contribution is 2.39. The molecule has 5 rings (SSSR count). The van der Waals surface area contributed by atoms with E-state index < -0.39 is 5.91 Å². The Hall–Kier alpha value is -3.57. The Morgan fingerprint density at radius 2 is 1.77 bits per heavy atom. The van der Waals surface area contributed by atoms with Gasteiger partial charge in [-0.1, -0.05) is 48.2 Å². The molecule has 0 aromatic heterocycles. The summed E-state index contributed by atoms with van der Waals surface area (Å²) < 4.78 is 18.7. The Morgan fingerprint density at radius 1 is 1.00 bits per heavy atom. The number of carbonyl (C=O) groups is 1. The number of nitrogens with zero attached hydrogens (tertiary/aromatic N) is 2. The van der Waals surface area contributed by atoms with Gasteiger partial charge in [-0.25, -0.2) is 0 Å². The zero-order valence-corrected chi connectivity index (χ0v) is 25.3. The highest BCUT2D eigenvalue weighted by atomic mass is 127. The van der Waals surface area contributed by atoms with E-state index in [0.717, 1.165) is 26.1 Å². The minimum Gasteiger partial charge on any atom is -0.490 e. The fraction of sp³-hybridized carbons (Fsp3) is 0.194. The molecular formula is C31H28IN3O4S. The summed E-state index contributed by atoms with van der Waals surface area (Å²) >= 11 is 3.54. The highest BCUT2D eigenvalue weighted by molar-refractivity contribution is 14.1. The smallest absolute Gasteiger partial charge is 0.283 e. The van der Waals surface area contributed by atoms with Crippen LogP contribution in [0, 0.1) is 22.8 Å². The van der Waals surface area contributed by atoms with Crippen molar-refractivity contribution < 1.29 is 19.0 Å². The fourth-order valence-corrected chi connectivity index (χ4v) is 5.93. The van der Waals surface area contributed by atoms with E-state index in [1.54, 1.807) is 11.0 Å². The predicted octanol–water partition coefficient (Wildman–Crippen LogP) is 7.07. The number of carbonyl (C=O) groups excluding carboxylic acids is 1. The molecule has 7 nitrogen and oxygen atoms in total. The van der Waals surface area contributed by atoms with Gasteiger partial charge in [-0.2, -0.15) is 4.99 Å². The van der Waals surface area contributed by atoms with Gasteiger partial charge in [-0.15, -0.1) is 0 Å². The molecular weight excluding hydrogens is 637 g/mol. The summed E-state index contributed by atoms with van der Waals surface area (Å²) in [5.41, 5.74) is 5.11. The Morgan fingerprint density at radius 3 is 2.52 bits per heavy atom. The summed E-state index contributed by atoms with van der Waals surface area (Å²) in [5, 5.41) is 11.3. The van der Waals surface area contributed by atoms with E-state index in [1.807, 2.05) is 73.0 Å². The van der Waals surface area contributed by atoms with Crippen LogP contribution in [0.4, 0.5) is 0 Å². The first kappa shape index (κ1) is 28.0. The molecule has 40 heavy (non-hydrogen) atoms. The average molecular weight is 666 g/mol. The Labute approximate surface area is 251 Å². The lowest BCUT2D eigenvalue weighted by molar-refractivity contribution is -0.114. The number of hydrogen-bond donors (Lipinski definition) is 1. The number of benzene rings is 3. The van der Waals surface area contributed by atoms with Crippen LogP contribution < -0.4 is 14.2 Å². The number of fused-ring (bicyclic) bond motifs is 1. The monoisotopic (exact) mass is 665 g/mol. The van der Waals surface area contributed by atoms with Crippen molar-refractivity contribution in [1.82, 2.24) is 4.90 Å². The summed E-state index contributed by atoms with van der Waals surface area (Å²) in [6, 6.07) is 19.5. The number of ether oxygens (including phenoxy) is 3. The molecule has 0 unspecified atom stereocenters. The minimum atomic E-state index is -0.441. The maximum Gasteiger partial charge on any atom is 0.283 e. The van der Waals surface area contributed by atoms with Gasteiger partial charge < -0.3 is 14.2 Å². The molecule has 0 saturated heterocycles. The molecule has 204 valence electrons. The molecule has 1 N–H and O–H groups in total. The number of halogens is 1. The lowest BCUT2D eigenvalue weighted by Crippen LogP contribution is -2.38. The first-order chi connectivity index (χ1) is 19.4. The van der Waals surface area contributed by atoms with Crippen LogP contribution in [0.3, 0.4) is 0 Å². The zero-order valence-electron chi connectivity index (χ0n) is 22.4. The zero-order chi connectivity index (χ0) is 28.2. The van der Waals surface area contributed by atoms with Gasteiger partial charge in [0.15, 0.2) is 16.7 Å². The summed E-state index contributed by atoms with van der Waals surface area (Å²) in [6.45, 7) is 7.20. The first-order valence-electron chi connectivity index (χ1n) is 12.8. The molecule has 2 aliphatic heterocycles. The third-order valence-corrected chi connectivity index (χ3v) is 8.03. The number of amidine groups is 2. The molecule has 0 radical (unpaired) electrons. The van der Waals surface area contributed by atoms with Crippen LogP contribution in [-0.4, -0.2) is 41.6 Å². The molecule has 0 spiro atoms. The number of nitrogens with one attached hydrogen (secondary N) is 1. The SMILES string of the molecule is CCOc1cc(/C=C2/C(=N)N3C(c4ccccc4)=CSC3=NC2=O)cc(I)c1OCCOc1ccc(C)c(C)c1. The van der Waals surface area contributed by atoms with Crippen LogP contribution in [0.5, 0.6) is 17.2 Å². The van der Waals surface area contributed by atoms with Crippen LogP contribution in [0.25, 0.3) is 11.8 Å². The fourth-order valence-electron chi connectivity index (χ4n) is 4.26. The Bertz CT molecular complexity index is 1570. The number of aliphatic imine (C=N–C) groups is 1. The van der Waals surface area contributed by atoms with Crippen molar-refractivity contribution in [1.29, 1.82) is 5.41 Å². The maximum absolute atomic E-state index is 13.0. The van der Waals surface area contributed by atoms with Crippen molar-refractivity contribution in [2.24, 2.45) is 4.99 Å². The second-order valence-electron chi connectivity index (χ2n) is 9.13. The molecule has 0 bridgehead atoms. The van der Waals surface area contributed by atoms with E-state index in [-0.39, 0.29) is 11.4 Å². The van der Waals surface area contributed by atoms with Crippen LogP contribution in [0.1, 0.15) is 29.2 Å². The molecule has 3 aromatic carbocycles. The lowest BCUT2D eigenvalue weighted by atomic mass is 10.1. The van der Waals surface area contributed by atoms with Crippen LogP contribution >= 0.6 is 34.4 Å². The number of hydrogen-bond acceptors (Lipinski definition) is 6. The third-order valence-electron chi connectivity index (χ3n) is 6.40. The van der Waals surface area contributed by atoms with Crippen molar-refractivity contribution >= 4 is 63.0 Å². The quantitative estimate of drug-likeness (QED) is 0.150. The topological polar surface area (TPSA) is 84.2 Å². The van der Waals surface area contributed by atoms with Crippen molar-refractivity contribution in [2.75, 3.05) is 19.8 Å². The molecule has 0 atom stereocenters. The minimum absolute atomic E-state index is 0.0897. The second kappa shape index (κ2) is 12.3. The molecule has 3 aromatic rings.